The number of nitrogens with zero attached hydrogens (tertiary/aromatic N) is 3. The smallest absolute Gasteiger partial charge is 0.260 e. The van der Waals surface area contributed by atoms with Crippen LogP contribution in [0.25, 0.3) is 10.2 Å². The van der Waals surface area contributed by atoms with Crippen LogP contribution >= 0.6 is 11.3 Å². The minimum absolute atomic E-state index is 0.0760. The fourth-order valence-corrected chi connectivity index (χ4v) is 3.85. The van der Waals surface area contributed by atoms with Gasteiger partial charge in [-0.05, 0) is 42.8 Å². The number of thiazole rings is 1. The van der Waals surface area contributed by atoms with Crippen molar-refractivity contribution < 1.29 is 4.79 Å². The molecule has 0 aliphatic carbocycles. The Kier molecular flexibility index (Phi) is 4.46. The molecule has 0 atom stereocenters. The van der Waals surface area contributed by atoms with E-state index in [1.165, 1.54) is 11.3 Å². The molecule has 1 amide bonds. The van der Waals surface area contributed by atoms with Crippen molar-refractivity contribution in [3.63, 3.8) is 0 Å². The number of amides is 1. The molecule has 0 fully saturated rings. The van der Waals surface area contributed by atoms with Gasteiger partial charge < -0.3 is 0 Å². The van der Waals surface area contributed by atoms with Crippen LogP contribution in [0.5, 0.6) is 0 Å². The zero-order valence-corrected chi connectivity index (χ0v) is 15.1. The predicted molar refractivity (Wildman–Crippen MR) is 106 cm³/mol. The number of carbonyl (C=O) groups is 1. The van der Waals surface area contributed by atoms with Gasteiger partial charge in [0, 0.05) is 11.8 Å². The van der Waals surface area contributed by atoms with Crippen LogP contribution in [0.4, 0.5) is 5.13 Å². The first kappa shape index (κ1) is 16.4. The van der Waals surface area contributed by atoms with E-state index in [0.717, 1.165) is 21.5 Å². The molecule has 2 heterocycles. The molecule has 26 heavy (non-hydrogen) atoms. The minimum Gasteiger partial charge on any atom is -0.278 e. The number of carbonyl (C=O) groups excluding carboxylic acids is 1. The lowest BCUT2D eigenvalue weighted by molar-refractivity contribution is 0.0985. The van der Waals surface area contributed by atoms with Crippen molar-refractivity contribution in [3.05, 3.63) is 89.7 Å². The van der Waals surface area contributed by atoms with Crippen molar-refractivity contribution in [2.24, 2.45) is 0 Å². The first-order valence-corrected chi connectivity index (χ1v) is 9.17. The quantitative estimate of drug-likeness (QED) is 0.523. The number of hydrogen-bond donors (Lipinski definition) is 0. The van der Waals surface area contributed by atoms with E-state index in [2.05, 4.69) is 4.98 Å². The fraction of sp³-hybridized carbons (Fsp3) is 0.0952. The van der Waals surface area contributed by atoms with Crippen LogP contribution in [-0.4, -0.2) is 15.9 Å². The summed E-state index contributed by atoms with van der Waals surface area (Å²) in [4.78, 5) is 24.0. The lowest BCUT2D eigenvalue weighted by Crippen LogP contribution is -2.30. The van der Waals surface area contributed by atoms with Gasteiger partial charge in [-0.2, -0.15) is 0 Å². The molecule has 0 radical (unpaired) electrons. The van der Waals surface area contributed by atoms with E-state index in [9.17, 15) is 4.79 Å². The third-order valence-electron chi connectivity index (χ3n) is 4.15. The Morgan fingerprint density at radius 1 is 1.00 bits per heavy atom. The van der Waals surface area contributed by atoms with Crippen molar-refractivity contribution in [1.82, 2.24) is 9.97 Å². The zero-order valence-electron chi connectivity index (χ0n) is 14.3. The number of hydrogen-bond acceptors (Lipinski definition) is 4. The maximum absolute atomic E-state index is 13.2. The first-order chi connectivity index (χ1) is 12.7. The molecule has 0 spiro atoms. The fourth-order valence-electron chi connectivity index (χ4n) is 2.81. The Morgan fingerprint density at radius 2 is 1.81 bits per heavy atom. The second kappa shape index (κ2) is 7.06. The van der Waals surface area contributed by atoms with E-state index < -0.39 is 0 Å². The summed E-state index contributed by atoms with van der Waals surface area (Å²) in [5, 5.41) is 0.689. The molecule has 128 valence electrons. The van der Waals surface area contributed by atoms with Gasteiger partial charge in [0.1, 0.15) is 0 Å². The van der Waals surface area contributed by atoms with Crippen LogP contribution in [0.3, 0.4) is 0 Å². The molecule has 0 N–H and O–H groups in total. The number of rotatable bonds is 4. The van der Waals surface area contributed by atoms with Gasteiger partial charge in [0.15, 0.2) is 5.13 Å². The zero-order chi connectivity index (χ0) is 17.9. The van der Waals surface area contributed by atoms with Crippen LogP contribution in [0.1, 0.15) is 21.6 Å². The standard InChI is InChI=1S/C21H17N3OS/c1-15-8-7-12-18-19(15)23-21(26-18)24(14-17-11-5-6-13-22-17)20(25)16-9-3-2-4-10-16/h2-13H,14H2,1H3. The Hall–Kier alpha value is -3.05. The highest BCUT2D eigenvalue weighted by Crippen LogP contribution is 2.32. The third-order valence-corrected chi connectivity index (χ3v) is 5.20. The molecule has 0 bridgehead atoms. The van der Waals surface area contributed by atoms with E-state index in [0.29, 0.717) is 17.2 Å². The number of fused-ring (bicyclic) bond motifs is 1. The molecule has 0 unspecified atom stereocenters. The lowest BCUT2D eigenvalue weighted by atomic mass is 10.2. The SMILES string of the molecule is Cc1cccc2sc(N(Cc3ccccn3)C(=O)c3ccccc3)nc12. The predicted octanol–water partition coefficient (Wildman–Crippen LogP) is 4.85. The van der Waals surface area contributed by atoms with Crippen LogP contribution in [-0.2, 0) is 6.54 Å². The second-order valence-electron chi connectivity index (χ2n) is 6.00. The highest BCUT2D eigenvalue weighted by atomic mass is 32.1. The first-order valence-electron chi connectivity index (χ1n) is 8.35. The second-order valence-corrected chi connectivity index (χ2v) is 7.01. The van der Waals surface area contributed by atoms with E-state index in [-0.39, 0.29) is 5.91 Å². The molecule has 0 saturated heterocycles. The van der Waals surface area contributed by atoms with Gasteiger partial charge in [0.25, 0.3) is 5.91 Å². The van der Waals surface area contributed by atoms with Crippen molar-refractivity contribution in [2.75, 3.05) is 4.90 Å². The summed E-state index contributed by atoms with van der Waals surface area (Å²) in [5.41, 5.74) is 3.52. The Labute approximate surface area is 155 Å². The maximum Gasteiger partial charge on any atom is 0.260 e. The molecule has 2 aromatic carbocycles. The van der Waals surface area contributed by atoms with E-state index in [1.54, 1.807) is 11.1 Å². The molecular formula is C21H17N3OS. The van der Waals surface area contributed by atoms with Crippen molar-refractivity contribution >= 4 is 32.6 Å². The van der Waals surface area contributed by atoms with Gasteiger partial charge in [0.05, 0.1) is 22.5 Å². The Balaban J connectivity index is 1.78. The monoisotopic (exact) mass is 359 g/mol. The summed E-state index contributed by atoms with van der Waals surface area (Å²) in [6, 6.07) is 21.1. The topological polar surface area (TPSA) is 46.1 Å². The van der Waals surface area contributed by atoms with Crippen LogP contribution in [0.15, 0.2) is 72.9 Å². The molecular weight excluding hydrogens is 342 g/mol. The van der Waals surface area contributed by atoms with Crippen LogP contribution in [0.2, 0.25) is 0 Å². The highest BCUT2D eigenvalue weighted by molar-refractivity contribution is 7.22. The summed E-state index contributed by atoms with van der Waals surface area (Å²) in [6.45, 7) is 2.42. The highest BCUT2D eigenvalue weighted by Gasteiger charge is 2.22. The van der Waals surface area contributed by atoms with E-state index >= 15 is 0 Å². The number of anilines is 1. The molecule has 5 heteroatoms. The average Bonchev–Trinajstić information content (AvgIpc) is 3.12. The van der Waals surface area contributed by atoms with Gasteiger partial charge in [-0.3, -0.25) is 14.7 Å². The number of aryl methyl sites for hydroxylation is 1. The van der Waals surface area contributed by atoms with Gasteiger partial charge in [0.2, 0.25) is 0 Å². The molecule has 0 aliphatic rings. The summed E-state index contributed by atoms with van der Waals surface area (Å²) < 4.78 is 1.08. The number of pyridine rings is 1. The molecule has 4 nitrogen and oxygen atoms in total. The molecule has 0 aliphatic heterocycles. The van der Waals surface area contributed by atoms with Gasteiger partial charge in [-0.25, -0.2) is 4.98 Å². The molecule has 4 rings (SSSR count). The number of aromatic nitrogens is 2. The number of para-hydroxylation sites is 1. The van der Waals surface area contributed by atoms with Crippen LogP contribution in [0, 0.1) is 6.92 Å². The Morgan fingerprint density at radius 3 is 2.54 bits per heavy atom. The summed E-state index contributed by atoms with van der Waals surface area (Å²) in [7, 11) is 0. The lowest BCUT2D eigenvalue weighted by Gasteiger charge is -2.19. The van der Waals surface area contributed by atoms with E-state index in [1.807, 2.05) is 73.7 Å². The van der Waals surface area contributed by atoms with Gasteiger partial charge in [-0.1, -0.05) is 47.7 Å². The number of benzene rings is 2. The largest absolute Gasteiger partial charge is 0.278 e. The average molecular weight is 359 g/mol. The van der Waals surface area contributed by atoms with Crippen molar-refractivity contribution in [2.45, 2.75) is 13.5 Å². The molecule has 0 saturated carbocycles. The van der Waals surface area contributed by atoms with Gasteiger partial charge >= 0.3 is 0 Å². The maximum atomic E-state index is 13.2. The Bertz CT molecular complexity index is 1040. The van der Waals surface area contributed by atoms with Crippen LogP contribution < -0.4 is 4.90 Å². The summed E-state index contributed by atoms with van der Waals surface area (Å²) >= 11 is 1.53. The van der Waals surface area contributed by atoms with E-state index in [4.69, 9.17) is 4.98 Å². The van der Waals surface area contributed by atoms with Gasteiger partial charge in [-0.15, -0.1) is 0 Å². The summed E-state index contributed by atoms with van der Waals surface area (Å²) in [6.07, 6.45) is 1.74. The minimum atomic E-state index is -0.0760. The van der Waals surface area contributed by atoms with Crippen molar-refractivity contribution in [3.8, 4) is 0 Å². The van der Waals surface area contributed by atoms with Crippen molar-refractivity contribution in [1.29, 1.82) is 0 Å². The molecule has 2 aromatic heterocycles. The third kappa shape index (κ3) is 3.21. The normalized spacial score (nSPS) is 10.8. The summed E-state index contributed by atoms with van der Waals surface area (Å²) in [5.74, 6) is -0.0760. The molecule has 4 aromatic rings.